The molecule has 1 atom stereocenters. The quantitative estimate of drug-likeness (QED) is 0.723. The molecule has 0 spiro atoms. The van der Waals surface area contributed by atoms with Gasteiger partial charge in [0.25, 0.3) is 0 Å². The first-order valence-corrected chi connectivity index (χ1v) is 4.83. The second-order valence-electron chi connectivity index (χ2n) is 3.36. The van der Waals surface area contributed by atoms with E-state index in [2.05, 4.69) is 5.32 Å². The molecule has 2 N–H and O–H groups in total. The number of fused-ring (bicyclic) bond motifs is 1. The minimum Gasteiger partial charge on any atom is -0.394 e. The third-order valence-corrected chi connectivity index (χ3v) is 2.64. The molecule has 3 heteroatoms. The Morgan fingerprint density at radius 1 is 1.54 bits per heavy atom. The summed E-state index contributed by atoms with van der Waals surface area (Å²) in [5.41, 5.74) is 2.35. The standard InChI is InChI=1S/C10H12ClNO/c11-8-2-4-10-7(5-8)1-3-9(6-13)12-10/h2,4-5,9,12-13H,1,3,6H2. The summed E-state index contributed by atoms with van der Waals surface area (Å²) in [5, 5.41) is 13.0. The second-order valence-corrected chi connectivity index (χ2v) is 3.80. The van der Waals surface area contributed by atoms with Crippen LogP contribution in [0.1, 0.15) is 12.0 Å². The second kappa shape index (κ2) is 3.56. The van der Waals surface area contributed by atoms with Gasteiger partial charge in [0.1, 0.15) is 0 Å². The molecule has 0 saturated heterocycles. The SMILES string of the molecule is OCC1CCc2cc(Cl)ccc2N1. The maximum atomic E-state index is 8.98. The number of nitrogens with one attached hydrogen (secondary N) is 1. The molecule has 1 aliphatic rings. The Balaban J connectivity index is 2.26. The van der Waals surface area contributed by atoms with Gasteiger partial charge in [-0.2, -0.15) is 0 Å². The number of rotatable bonds is 1. The summed E-state index contributed by atoms with van der Waals surface area (Å²) >= 11 is 5.87. The van der Waals surface area contributed by atoms with E-state index in [0.29, 0.717) is 0 Å². The van der Waals surface area contributed by atoms with E-state index in [1.54, 1.807) is 0 Å². The van der Waals surface area contributed by atoms with Crippen molar-refractivity contribution in [2.75, 3.05) is 11.9 Å². The predicted molar refractivity (Wildman–Crippen MR) is 54.3 cm³/mol. The van der Waals surface area contributed by atoms with Gasteiger partial charge in [0.2, 0.25) is 0 Å². The lowest BCUT2D eigenvalue weighted by molar-refractivity contribution is 0.267. The molecule has 0 aliphatic carbocycles. The van der Waals surface area contributed by atoms with Crippen molar-refractivity contribution in [3.63, 3.8) is 0 Å². The van der Waals surface area contributed by atoms with E-state index in [1.165, 1.54) is 5.56 Å². The van der Waals surface area contributed by atoms with Crippen molar-refractivity contribution >= 4 is 17.3 Å². The normalized spacial score (nSPS) is 20.6. The van der Waals surface area contributed by atoms with Crippen LogP contribution < -0.4 is 5.32 Å². The zero-order valence-electron chi connectivity index (χ0n) is 7.26. The molecular formula is C10H12ClNO. The molecule has 2 rings (SSSR count). The zero-order chi connectivity index (χ0) is 9.26. The Bertz CT molecular complexity index is 314. The average molecular weight is 198 g/mol. The fraction of sp³-hybridized carbons (Fsp3) is 0.400. The van der Waals surface area contributed by atoms with Gasteiger partial charge in [0.15, 0.2) is 0 Å². The lowest BCUT2D eigenvalue weighted by Gasteiger charge is -2.25. The molecule has 13 heavy (non-hydrogen) atoms. The Kier molecular flexibility index (Phi) is 2.42. The molecule has 1 heterocycles. The van der Waals surface area contributed by atoms with E-state index >= 15 is 0 Å². The number of halogens is 1. The van der Waals surface area contributed by atoms with E-state index < -0.39 is 0 Å². The van der Waals surface area contributed by atoms with Gasteiger partial charge in [-0.05, 0) is 36.6 Å². The van der Waals surface area contributed by atoms with Gasteiger partial charge in [-0.3, -0.25) is 0 Å². The lowest BCUT2D eigenvalue weighted by atomic mass is 9.99. The van der Waals surface area contributed by atoms with Crippen molar-refractivity contribution < 1.29 is 5.11 Å². The minimum absolute atomic E-state index is 0.196. The minimum atomic E-state index is 0.196. The monoisotopic (exact) mass is 197 g/mol. The number of aryl methyl sites for hydroxylation is 1. The summed E-state index contributed by atoms with van der Waals surface area (Å²) in [6, 6.07) is 6.03. The molecule has 0 amide bonds. The maximum absolute atomic E-state index is 8.98. The molecule has 0 fully saturated rings. The van der Waals surface area contributed by atoms with Crippen molar-refractivity contribution in [3.8, 4) is 0 Å². The van der Waals surface area contributed by atoms with E-state index in [9.17, 15) is 0 Å². The van der Waals surface area contributed by atoms with Gasteiger partial charge in [-0.15, -0.1) is 0 Å². The Morgan fingerprint density at radius 2 is 2.38 bits per heavy atom. The van der Waals surface area contributed by atoms with Crippen LogP contribution in [0.3, 0.4) is 0 Å². The fourth-order valence-corrected chi connectivity index (χ4v) is 1.86. The van der Waals surface area contributed by atoms with Crippen molar-refractivity contribution in [2.24, 2.45) is 0 Å². The van der Waals surface area contributed by atoms with Gasteiger partial charge in [0, 0.05) is 16.8 Å². The highest BCUT2D eigenvalue weighted by Crippen LogP contribution is 2.27. The molecule has 1 aromatic carbocycles. The van der Waals surface area contributed by atoms with Crippen molar-refractivity contribution in [1.29, 1.82) is 0 Å². The van der Waals surface area contributed by atoms with Crippen LogP contribution in [-0.2, 0) is 6.42 Å². The van der Waals surface area contributed by atoms with E-state index in [-0.39, 0.29) is 12.6 Å². The lowest BCUT2D eigenvalue weighted by Crippen LogP contribution is -2.28. The van der Waals surface area contributed by atoms with Gasteiger partial charge in [-0.25, -0.2) is 0 Å². The molecule has 0 radical (unpaired) electrons. The third-order valence-electron chi connectivity index (χ3n) is 2.41. The van der Waals surface area contributed by atoms with Crippen LogP contribution in [0.4, 0.5) is 5.69 Å². The topological polar surface area (TPSA) is 32.3 Å². The highest BCUT2D eigenvalue weighted by molar-refractivity contribution is 6.30. The molecule has 1 unspecified atom stereocenters. The number of aliphatic hydroxyl groups excluding tert-OH is 1. The molecule has 1 aromatic rings. The van der Waals surface area contributed by atoms with Crippen LogP contribution in [0.25, 0.3) is 0 Å². The first-order valence-electron chi connectivity index (χ1n) is 4.45. The van der Waals surface area contributed by atoms with Crippen molar-refractivity contribution in [1.82, 2.24) is 0 Å². The van der Waals surface area contributed by atoms with Crippen molar-refractivity contribution in [2.45, 2.75) is 18.9 Å². The van der Waals surface area contributed by atoms with E-state index in [0.717, 1.165) is 23.6 Å². The fourth-order valence-electron chi connectivity index (χ4n) is 1.67. The van der Waals surface area contributed by atoms with Crippen LogP contribution in [0, 0.1) is 0 Å². The largest absolute Gasteiger partial charge is 0.394 e. The van der Waals surface area contributed by atoms with Gasteiger partial charge < -0.3 is 10.4 Å². The predicted octanol–water partition coefficient (Wildman–Crippen LogP) is 2.06. The van der Waals surface area contributed by atoms with E-state index in [4.69, 9.17) is 16.7 Å². The van der Waals surface area contributed by atoms with Crippen LogP contribution in [-0.4, -0.2) is 17.8 Å². The highest BCUT2D eigenvalue weighted by Gasteiger charge is 2.16. The number of aliphatic hydroxyl groups is 1. The van der Waals surface area contributed by atoms with Gasteiger partial charge in [0.05, 0.1) is 6.61 Å². The summed E-state index contributed by atoms with van der Waals surface area (Å²) in [6.07, 6.45) is 1.97. The zero-order valence-corrected chi connectivity index (χ0v) is 8.01. The van der Waals surface area contributed by atoms with Crippen LogP contribution in [0.15, 0.2) is 18.2 Å². The molecule has 2 nitrogen and oxygen atoms in total. The number of anilines is 1. The van der Waals surface area contributed by atoms with Crippen LogP contribution in [0.2, 0.25) is 5.02 Å². The Labute approximate surface area is 82.5 Å². The summed E-state index contributed by atoms with van der Waals surface area (Å²) in [4.78, 5) is 0. The number of hydrogen-bond donors (Lipinski definition) is 2. The molecule has 70 valence electrons. The molecule has 0 aromatic heterocycles. The third kappa shape index (κ3) is 1.79. The summed E-state index contributed by atoms with van der Waals surface area (Å²) in [6.45, 7) is 0.196. The maximum Gasteiger partial charge on any atom is 0.0632 e. The van der Waals surface area contributed by atoms with E-state index in [1.807, 2.05) is 18.2 Å². The number of hydrogen-bond acceptors (Lipinski definition) is 2. The van der Waals surface area contributed by atoms with Gasteiger partial charge in [-0.1, -0.05) is 11.6 Å². The Morgan fingerprint density at radius 3 is 3.15 bits per heavy atom. The summed E-state index contributed by atoms with van der Waals surface area (Å²) < 4.78 is 0. The molecule has 0 saturated carbocycles. The first-order chi connectivity index (χ1) is 6.29. The molecule has 0 bridgehead atoms. The summed E-state index contributed by atoms with van der Waals surface area (Å²) in [7, 11) is 0. The smallest absolute Gasteiger partial charge is 0.0632 e. The van der Waals surface area contributed by atoms with Crippen molar-refractivity contribution in [3.05, 3.63) is 28.8 Å². The van der Waals surface area contributed by atoms with Crippen LogP contribution in [0.5, 0.6) is 0 Å². The molecular weight excluding hydrogens is 186 g/mol. The van der Waals surface area contributed by atoms with Crippen LogP contribution >= 0.6 is 11.6 Å². The average Bonchev–Trinajstić information content (AvgIpc) is 2.17. The molecule has 1 aliphatic heterocycles. The highest BCUT2D eigenvalue weighted by atomic mass is 35.5. The van der Waals surface area contributed by atoms with Gasteiger partial charge >= 0.3 is 0 Å². The number of benzene rings is 1. The first kappa shape index (κ1) is 8.85. The summed E-state index contributed by atoms with van der Waals surface area (Å²) in [5.74, 6) is 0. The Hall–Kier alpha value is -0.730.